The van der Waals surface area contributed by atoms with Gasteiger partial charge in [-0.3, -0.25) is 0 Å². The molecule has 1 heterocycles. The molecule has 1 aromatic heterocycles. The second-order valence-corrected chi connectivity index (χ2v) is 5.08. The first-order valence-electron chi connectivity index (χ1n) is 4.57. The van der Waals surface area contributed by atoms with Crippen molar-refractivity contribution in [2.45, 2.75) is 5.16 Å². The summed E-state index contributed by atoms with van der Waals surface area (Å²) in [5.41, 5.74) is 0.954. The normalized spacial score (nSPS) is 10.3. The fourth-order valence-corrected chi connectivity index (χ4v) is 2.13. The Morgan fingerprint density at radius 2 is 2.12 bits per heavy atom. The van der Waals surface area contributed by atoms with Crippen molar-refractivity contribution in [3.8, 4) is 5.69 Å². The summed E-state index contributed by atoms with van der Waals surface area (Å²) in [4.78, 5) is 0. The molecule has 82 valence electrons. The van der Waals surface area contributed by atoms with Gasteiger partial charge in [0.25, 0.3) is 0 Å². The molecule has 4 nitrogen and oxygen atoms in total. The largest absolute Gasteiger partial charge is 0.214 e. The third-order valence-electron chi connectivity index (χ3n) is 1.80. The number of thioether (sulfide) groups is 1. The molecule has 0 bridgehead atoms. The molecule has 0 saturated heterocycles. The zero-order chi connectivity index (χ0) is 11.4. The first-order chi connectivity index (χ1) is 7.77. The van der Waals surface area contributed by atoms with Gasteiger partial charge in [0.1, 0.15) is 0 Å². The molecule has 0 spiro atoms. The zero-order valence-electron chi connectivity index (χ0n) is 8.38. The molecule has 0 saturated carbocycles. The smallest absolute Gasteiger partial charge is 0.188 e. The Morgan fingerprint density at radius 1 is 1.38 bits per heavy atom. The molecule has 1 aromatic carbocycles. The molecule has 0 unspecified atom stereocenters. The highest BCUT2D eigenvalue weighted by atomic mass is 79.9. The summed E-state index contributed by atoms with van der Waals surface area (Å²) in [7, 11) is 0. The minimum absolute atomic E-state index is 0.743. The van der Waals surface area contributed by atoms with Gasteiger partial charge in [-0.25, -0.2) is 0 Å². The molecule has 2 aromatic rings. The molecule has 0 amide bonds. The van der Waals surface area contributed by atoms with Gasteiger partial charge in [0, 0.05) is 5.75 Å². The Morgan fingerprint density at radius 3 is 2.81 bits per heavy atom. The molecular formula is C10H9BrN4S. The van der Waals surface area contributed by atoms with Crippen molar-refractivity contribution in [2.24, 2.45) is 0 Å². The van der Waals surface area contributed by atoms with E-state index in [1.54, 1.807) is 4.68 Å². The molecule has 0 aliphatic carbocycles. The van der Waals surface area contributed by atoms with E-state index in [0.29, 0.717) is 0 Å². The average molecular weight is 297 g/mol. The highest BCUT2D eigenvalue weighted by Crippen LogP contribution is 2.21. The molecule has 0 aliphatic rings. The van der Waals surface area contributed by atoms with Gasteiger partial charge in [0.05, 0.1) is 5.69 Å². The van der Waals surface area contributed by atoms with Gasteiger partial charge in [0.15, 0.2) is 0 Å². The molecule has 0 fully saturated rings. The Hall–Kier alpha value is -1.14. The van der Waals surface area contributed by atoms with E-state index in [1.807, 2.05) is 30.3 Å². The van der Waals surface area contributed by atoms with E-state index in [4.69, 9.17) is 0 Å². The summed E-state index contributed by atoms with van der Waals surface area (Å²) in [6.45, 7) is 3.77. The predicted octanol–water partition coefficient (Wildman–Crippen LogP) is 2.66. The van der Waals surface area contributed by atoms with Crippen LogP contribution in [-0.4, -0.2) is 26.0 Å². The van der Waals surface area contributed by atoms with E-state index < -0.39 is 0 Å². The zero-order valence-corrected chi connectivity index (χ0v) is 10.8. The van der Waals surface area contributed by atoms with Gasteiger partial charge in [-0.15, -0.1) is 5.10 Å². The van der Waals surface area contributed by atoms with Crippen molar-refractivity contribution < 1.29 is 0 Å². The quantitative estimate of drug-likeness (QED) is 0.814. The Balaban J connectivity index is 2.23. The predicted molar refractivity (Wildman–Crippen MR) is 67.9 cm³/mol. The van der Waals surface area contributed by atoms with Crippen molar-refractivity contribution in [3.05, 3.63) is 41.4 Å². The van der Waals surface area contributed by atoms with Crippen molar-refractivity contribution in [3.63, 3.8) is 0 Å². The van der Waals surface area contributed by atoms with Crippen LogP contribution in [0.1, 0.15) is 0 Å². The van der Waals surface area contributed by atoms with E-state index >= 15 is 0 Å². The van der Waals surface area contributed by atoms with E-state index in [-0.39, 0.29) is 0 Å². The molecular weight excluding hydrogens is 288 g/mol. The highest BCUT2D eigenvalue weighted by Gasteiger charge is 2.08. The molecule has 0 aliphatic heterocycles. The summed E-state index contributed by atoms with van der Waals surface area (Å²) in [6, 6.07) is 9.79. The highest BCUT2D eigenvalue weighted by molar-refractivity contribution is 9.11. The fraction of sp³-hybridized carbons (Fsp3) is 0.100. The van der Waals surface area contributed by atoms with Gasteiger partial charge in [-0.05, 0) is 27.0 Å². The van der Waals surface area contributed by atoms with Crippen LogP contribution in [0.4, 0.5) is 0 Å². The number of halogens is 1. The molecule has 2 rings (SSSR count). The summed E-state index contributed by atoms with van der Waals surface area (Å²) in [5, 5.41) is 12.4. The molecule has 0 N–H and O–H groups in total. The Kier molecular flexibility index (Phi) is 3.74. The second kappa shape index (κ2) is 5.27. The minimum Gasteiger partial charge on any atom is -0.188 e. The lowest BCUT2D eigenvalue weighted by atomic mass is 10.3. The van der Waals surface area contributed by atoms with E-state index in [9.17, 15) is 0 Å². The molecule has 0 atom stereocenters. The van der Waals surface area contributed by atoms with Gasteiger partial charge in [0.2, 0.25) is 5.16 Å². The lowest BCUT2D eigenvalue weighted by Crippen LogP contribution is -1.98. The number of benzene rings is 1. The number of aromatic nitrogens is 4. The number of rotatable bonds is 4. The van der Waals surface area contributed by atoms with Crippen LogP contribution in [0.3, 0.4) is 0 Å². The standard InChI is InChI=1S/C10H9BrN4S/c1-8(11)7-16-10-12-13-14-15(10)9-5-3-2-4-6-9/h2-6H,1,7H2. The number of hydrogen-bond acceptors (Lipinski definition) is 4. The first kappa shape index (κ1) is 11.3. The van der Waals surface area contributed by atoms with Crippen LogP contribution < -0.4 is 0 Å². The third kappa shape index (κ3) is 2.70. The molecule has 0 radical (unpaired) electrons. The maximum Gasteiger partial charge on any atom is 0.214 e. The van der Waals surface area contributed by atoms with Crippen LogP contribution in [0.15, 0.2) is 46.5 Å². The molecule has 6 heteroatoms. The number of tetrazole rings is 1. The Bertz CT molecular complexity index is 483. The van der Waals surface area contributed by atoms with E-state index in [2.05, 4.69) is 38.0 Å². The average Bonchev–Trinajstić information content (AvgIpc) is 2.75. The van der Waals surface area contributed by atoms with Crippen LogP contribution in [-0.2, 0) is 0 Å². The summed E-state index contributed by atoms with van der Waals surface area (Å²) in [6.07, 6.45) is 0. The maximum atomic E-state index is 3.97. The second-order valence-electron chi connectivity index (χ2n) is 3.01. The van der Waals surface area contributed by atoms with Crippen molar-refractivity contribution >= 4 is 27.7 Å². The van der Waals surface area contributed by atoms with Crippen molar-refractivity contribution in [2.75, 3.05) is 5.75 Å². The maximum absolute atomic E-state index is 3.97. The van der Waals surface area contributed by atoms with Crippen LogP contribution in [0.5, 0.6) is 0 Å². The SMILES string of the molecule is C=C(Br)CSc1nnnn1-c1ccccc1. The van der Waals surface area contributed by atoms with Crippen molar-refractivity contribution in [1.29, 1.82) is 0 Å². The van der Waals surface area contributed by atoms with Gasteiger partial charge >= 0.3 is 0 Å². The van der Waals surface area contributed by atoms with Crippen LogP contribution >= 0.6 is 27.7 Å². The van der Waals surface area contributed by atoms with Crippen LogP contribution in [0.25, 0.3) is 5.69 Å². The number of hydrogen-bond donors (Lipinski definition) is 0. The number of para-hydroxylation sites is 1. The minimum atomic E-state index is 0.743. The third-order valence-corrected chi connectivity index (χ3v) is 3.46. The van der Waals surface area contributed by atoms with Gasteiger partial charge < -0.3 is 0 Å². The van der Waals surface area contributed by atoms with Gasteiger partial charge in [-0.1, -0.05) is 52.5 Å². The van der Waals surface area contributed by atoms with Crippen LogP contribution in [0.2, 0.25) is 0 Å². The summed E-state index contributed by atoms with van der Waals surface area (Å²) in [5.74, 6) is 0.743. The topological polar surface area (TPSA) is 43.6 Å². The number of nitrogens with zero attached hydrogens (tertiary/aromatic N) is 4. The summed E-state index contributed by atoms with van der Waals surface area (Å²) >= 11 is 4.84. The fourth-order valence-electron chi connectivity index (χ4n) is 1.14. The van der Waals surface area contributed by atoms with Crippen LogP contribution in [0, 0.1) is 0 Å². The Labute approximate surface area is 106 Å². The van der Waals surface area contributed by atoms with E-state index in [0.717, 1.165) is 21.1 Å². The molecule has 16 heavy (non-hydrogen) atoms. The first-order valence-corrected chi connectivity index (χ1v) is 6.35. The van der Waals surface area contributed by atoms with E-state index in [1.165, 1.54) is 11.8 Å². The monoisotopic (exact) mass is 296 g/mol. The van der Waals surface area contributed by atoms with Gasteiger partial charge in [-0.2, -0.15) is 4.68 Å². The van der Waals surface area contributed by atoms with Crippen molar-refractivity contribution in [1.82, 2.24) is 20.2 Å². The lowest BCUT2D eigenvalue weighted by Gasteiger charge is -2.02. The summed E-state index contributed by atoms with van der Waals surface area (Å²) < 4.78 is 2.63. The lowest BCUT2D eigenvalue weighted by molar-refractivity contribution is 0.757.